The van der Waals surface area contributed by atoms with Crippen LogP contribution >= 0.6 is 0 Å². The first-order valence-corrected chi connectivity index (χ1v) is 21.8. The van der Waals surface area contributed by atoms with E-state index in [1.807, 2.05) is 0 Å². The highest BCUT2D eigenvalue weighted by atomic mass is 15.1. The van der Waals surface area contributed by atoms with E-state index in [0.717, 1.165) is 56.6 Å². The molecule has 0 amide bonds. The Morgan fingerprint density at radius 2 is 0.594 bits per heavy atom. The molecule has 302 valence electrons. The monoisotopic (exact) mass is 818 g/mol. The zero-order valence-corrected chi connectivity index (χ0v) is 35.0. The fraction of sp³-hybridized carbons (Fsp3) is 0. The molecule has 64 heavy (non-hydrogen) atoms. The third-order valence-corrected chi connectivity index (χ3v) is 12.6. The summed E-state index contributed by atoms with van der Waals surface area (Å²) < 4.78 is 4.54. The molecule has 0 unspecified atom stereocenters. The van der Waals surface area contributed by atoms with E-state index in [0.29, 0.717) is 0 Å². The van der Waals surface area contributed by atoms with Crippen molar-refractivity contribution in [2.24, 2.45) is 0 Å². The smallest absolute Gasteiger partial charge is 0.0540 e. The second kappa shape index (κ2) is 15.7. The minimum absolute atomic E-state index is 1.10. The molecular formula is C60H42N4. The molecule has 2 heterocycles. The molecule has 0 aliphatic heterocycles. The molecule has 4 nitrogen and oxygen atoms in total. The van der Waals surface area contributed by atoms with E-state index in [2.05, 4.69) is 274 Å². The van der Waals surface area contributed by atoms with Crippen LogP contribution in [0, 0.1) is 0 Å². The number of hydrogen-bond acceptors (Lipinski definition) is 2. The summed E-state index contributed by atoms with van der Waals surface area (Å²) in [5.74, 6) is 0. The molecule has 0 bridgehead atoms. The standard InChI is InChI=1S/C60H42N4/c1-5-15-45(16-6-1)61-41-39-55-51-23-13-25-59(53(51)35-37-57(55)61)63(47-19-9-3-10-20-47)49-31-27-43(28-32-49)44-29-33-50(34-30-44)64(48-21-11-4-12-22-48)60-26-14-24-52-54(60)36-38-58-56(52)40-42-62(58)46-17-7-2-8-18-46/h1-42H. The van der Waals surface area contributed by atoms with Crippen molar-refractivity contribution < 1.29 is 0 Å². The van der Waals surface area contributed by atoms with Crippen LogP contribution in [0.25, 0.3) is 65.9 Å². The third kappa shape index (κ3) is 6.40. The number of aromatic nitrogens is 2. The van der Waals surface area contributed by atoms with Gasteiger partial charge in [0.2, 0.25) is 0 Å². The quantitative estimate of drug-likeness (QED) is 0.144. The fourth-order valence-electron chi connectivity index (χ4n) is 9.57. The van der Waals surface area contributed by atoms with Gasteiger partial charge in [-0.1, -0.05) is 133 Å². The summed E-state index contributed by atoms with van der Waals surface area (Å²) in [6.07, 6.45) is 4.36. The third-order valence-electron chi connectivity index (χ3n) is 12.6. The summed E-state index contributed by atoms with van der Waals surface area (Å²) in [6.45, 7) is 0. The first-order valence-electron chi connectivity index (χ1n) is 21.8. The van der Waals surface area contributed by atoms with Crippen molar-refractivity contribution in [1.29, 1.82) is 0 Å². The predicted molar refractivity (Wildman–Crippen MR) is 270 cm³/mol. The van der Waals surface area contributed by atoms with Crippen LogP contribution in [0.1, 0.15) is 0 Å². The van der Waals surface area contributed by atoms with Crippen LogP contribution in [0.3, 0.4) is 0 Å². The lowest BCUT2D eigenvalue weighted by molar-refractivity contribution is 1.13. The largest absolute Gasteiger partial charge is 0.317 e. The van der Waals surface area contributed by atoms with Crippen LogP contribution in [0.15, 0.2) is 255 Å². The maximum atomic E-state index is 2.38. The number of rotatable bonds is 9. The summed E-state index contributed by atoms with van der Waals surface area (Å²) in [5, 5.41) is 7.33. The normalized spacial score (nSPS) is 11.4. The molecule has 10 aromatic carbocycles. The van der Waals surface area contributed by atoms with Gasteiger partial charge in [-0.25, -0.2) is 0 Å². The first kappa shape index (κ1) is 37.2. The summed E-state index contributed by atoms with van der Waals surface area (Å²) >= 11 is 0. The number of nitrogens with zero attached hydrogens (tertiary/aromatic N) is 4. The number of hydrogen-bond donors (Lipinski definition) is 0. The van der Waals surface area contributed by atoms with Crippen LogP contribution in [0.2, 0.25) is 0 Å². The summed E-state index contributed by atoms with van der Waals surface area (Å²) in [6, 6.07) is 87.3. The van der Waals surface area contributed by atoms with Crippen molar-refractivity contribution in [1.82, 2.24) is 9.13 Å². The molecule has 0 atom stereocenters. The Kier molecular flexibility index (Phi) is 9.12. The molecule has 0 fully saturated rings. The number of fused-ring (bicyclic) bond motifs is 6. The molecule has 0 saturated heterocycles. The molecule has 12 aromatic rings. The van der Waals surface area contributed by atoms with Crippen LogP contribution in [0.5, 0.6) is 0 Å². The van der Waals surface area contributed by atoms with Crippen molar-refractivity contribution in [2.75, 3.05) is 9.80 Å². The Hall–Kier alpha value is -8.60. The fourth-order valence-corrected chi connectivity index (χ4v) is 9.57. The van der Waals surface area contributed by atoms with Crippen LogP contribution in [0.4, 0.5) is 34.1 Å². The van der Waals surface area contributed by atoms with Gasteiger partial charge in [0.05, 0.1) is 22.4 Å². The molecule has 0 saturated carbocycles. The second-order valence-electron chi connectivity index (χ2n) is 16.2. The summed E-state index contributed by atoms with van der Waals surface area (Å²) in [7, 11) is 0. The summed E-state index contributed by atoms with van der Waals surface area (Å²) in [5.41, 5.74) is 13.7. The van der Waals surface area contributed by atoms with Crippen molar-refractivity contribution in [2.45, 2.75) is 0 Å². The van der Waals surface area contributed by atoms with Gasteiger partial charge in [-0.15, -0.1) is 0 Å². The number of para-hydroxylation sites is 4. The van der Waals surface area contributed by atoms with Crippen molar-refractivity contribution in [3.8, 4) is 22.5 Å². The molecule has 0 aliphatic carbocycles. The van der Waals surface area contributed by atoms with Gasteiger partial charge in [-0.2, -0.15) is 0 Å². The van der Waals surface area contributed by atoms with Crippen LogP contribution < -0.4 is 9.80 Å². The maximum Gasteiger partial charge on any atom is 0.0540 e. The van der Waals surface area contributed by atoms with Crippen molar-refractivity contribution in [3.05, 3.63) is 255 Å². The Morgan fingerprint density at radius 1 is 0.234 bits per heavy atom. The molecule has 0 aliphatic rings. The Morgan fingerprint density at radius 3 is 0.984 bits per heavy atom. The molecule has 0 spiro atoms. The second-order valence-corrected chi connectivity index (χ2v) is 16.2. The van der Waals surface area contributed by atoms with Gasteiger partial charge in [-0.3, -0.25) is 0 Å². The molecule has 0 radical (unpaired) electrons. The van der Waals surface area contributed by atoms with E-state index in [9.17, 15) is 0 Å². The zero-order chi connectivity index (χ0) is 42.4. The zero-order valence-electron chi connectivity index (χ0n) is 35.0. The average molecular weight is 819 g/mol. The first-order chi connectivity index (χ1) is 31.8. The molecule has 12 rings (SSSR count). The van der Waals surface area contributed by atoms with E-state index in [-0.39, 0.29) is 0 Å². The van der Waals surface area contributed by atoms with Gasteiger partial charge in [0, 0.05) is 68.1 Å². The SMILES string of the molecule is c1ccc(N(c2ccc(-c3ccc(N(c4ccccc4)c4cccc5c4ccc4c5ccn4-c4ccccc4)cc3)cc2)c2cccc3c2ccc2c3ccn2-c2ccccc2)cc1. The van der Waals surface area contributed by atoms with Gasteiger partial charge in [0.1, 0.15) is 0 Å². The summed E-state index contributed by atoms with van der Waals surface area (Å²) in [4.78, 5) is 4.75. The highest BCUT2D eigenvalue weighted by Crippen LogP contribution is 2.44. The van der Waals surface area contributed by atoms with Gasteiger partial charge in [0.25, 0.3) is 0 Å². The number of benzene rings is 10. The van der Waals surface area contributed by atoms with E-state index in [1.54, 1.807) is 0 Å². The number of anilines is 6. The lowest BCUT2D eigenvalue weighted by Gasteiger charge is -2.27. The van der Waals surface area contributed by atoms with E-state index >= 15 is 0 Å². The highest BCUT2D eigenvalue weighted by Gasteiger charge is 2.19. The molecule has 2 aromatic heterocycles. The molecule has 4 heteroatoms. The highest BCUT2D eigenvalue weighted by molar-refractivity contribution is 6.14. The van der Waals surface area contributed by atoms with Crippen molar-refractivity contribution >= 4 is 77.5 Å². The lowest BCUT2D eigenvalue weighted by atomic mass is 10.0. The van der Waals surface area contributed by atoms with Gasteiger partial charge >= 0.3 is 0 Å². The van der Waals surface area contributed by atoms with E-state index < -0.39 is 0 Å². The van der Waals surface area contributed by atoms with Crippen LogP contribution in [-0.4, -0.2) is 9.13 Å². The maximum absolute atomic E-state index is 2.38. The lowest BCUT2D eigenvalue weighted by Crippen LogP contribution is -2.10. The Balaban J connectivity index is 0.898. The van der Waals surface area contributed by atoms with Crippen molar-refractivity contribution in [3.63, 3.8) is 0 Å². The topological polar surface area (TPSA) is 16.3 Å². The van der Waals surface area contributed by atoms with Gasteiger partial charge in [0.15, 0.2) is 0 Å². The van der Waals surface area contributed by atoms with Gasteiger partial charge < -0.3 is 18.9 Å². The average Bonchev–Trinajstić information content (AvgIpc) is 4.02. The minimum Gasteiger partial charge on any atom is -0.317 e. The Labute approximate surface area is 372 Å². The van der Waals surface area contributed by atoms with Crippen LogP contribution in [-0.2, 0) is 0 Å². The molecular weight excluding hydrogens is 777 g/mol. The van der Waals surface area contributed by atoms with E-state index in [1.165, 1.54) is 43.4 Å². The van der Waals surface area contributed by atoms with Gasteiger partial charge in [-0.05, 0) is 131 Å². The minimum atomic E-state index is 1.10. The predicted octanol–water partition coefficient (Wildman–Crippen LogP) is 16.5. The Bertz CT molecular complexity index is 3330. The molecule has 0 N–H and O–H groups in total. The van der Waals surface area contributed by atoms with E-state index in [4.69, 9.17) is 0 Å².